The first-order valence-corrected chi connectivity index (χ1v) is 5.63. The van der Waals surface area contributed by atoms with Crippen molar-refractivity contribution in [3.8, 4) is 0 Å². The molecule has 0 radical (unpaired) electrons. The number of anilines is 1. The number of rotatable bonds is 5. The van der Waals surface area contributed by atoms with Crippen molar-refractivity contribution in [3.63, 3.8) is 0 Å². The molecule has 0 saturated heterocycles. The molecule has 0 aliphatic rings. The minimum absolute atomic E-state index is 0.309. The van der Waals surface area contributed by atoms with Gasteiger partial charge in [-0.25, -0.2) is 9.97 Å². The van der Waals surface area contributed by atoms with E-state index in [2.05, 4.69) is 15.3 Å². The fraction of sp³-hybridized carbons (Fsp3) is 0.182. The van der Waals surface area contributed by atoms with Gasteiger partial charge < -0.3 is 15.6 Å². The zero-order valence-electron chi connectivity index (χ0n) is 9.21. The largest absolute Gasteiger partial charge is 0.388 e. The summed E-state index contributed by atoms with van der Waals surface area (Å²) in [6.07, 6.45) is 5.45. The van der Waals surface area contributed by atoms with Crippen LogP contribution in [0.1, 0.15) is 5.69 Å². The summed E-state index contributed by atoms with van der Waals surface area (Å²) >= 11 is 4.87. The molecule has 0 unspecified atom stereocenters. The molecule has 3 N–H and O–H groups in total. The number of aromatic nitrogens is 3. The first kappa shape index (κ1) is 11.5. The van der Waals surface area contributed by atoms with Crippen LogP contribution in [0.2, 0.25) is 0 Å². The smallest absolute Gasteiger partial charge is 0.126 e. The van der Waals surface area contributed by atoms with Crippen molar-refractivity contribution in [2.45, 2.75) is 6.54 Å². The lowest BCUT2D eigenvalue weighted by Gasteiger charge is -2.07. The molecule has 0 saturated carbocycles. The van der Waals surface area contributed by atoms with E-state index in [1.807, 2.05) is 22.9 Å². The third-order valence-electron chi connectivity index (χ3n) is 2.24. The number of imidazole rings is 1. The molecule has 0 aliphatic heterocycles. The number of nitrogens with one attached hydrogen (secondary N) is 1. The van der Waals surface area contributed by atoms with Crippen molar-refractivity contribution in [2.24, 2.45) is 5.73 Å². The normalized spacial score (nSPS) is 10.1. The van der Waals surface area contributed by atoms with Crippen LogP contribution >= 0.6 is 12.2 Å². The highest BCUT2D eigenvalue weighted by Crippen LogP contribution is 2.04. The van der Waals surface area contributed by atoms with E-state index >= 15 is 0 Å². The van der Waals surface area contributed by atoms with Crippen LogP contribution in [-0.4, -0.2) is 26.1 Å². The number of nitrogens with two attached hydrogens (primary N) is 1. The van der Waals surface area contributed by atoms with E-state index in [1.54, 1.807) is 18.6 Å². The van der Waals surface area contributed by atoms with Crippen molar-refractivity contribution in [3.05, 3.63) is 42.6 Å². The molecular formula is C11H13N5S. The van der Waals surface area contributed by atoms with E-state index in [1.165, 1.54) is 0 Å². The average molecular weight is 247 g/mol. The van der Waals surface area contributed by atoms with Gasteiger partial charge in [-0.1, -0.05) is 18.3 Å². The Labute approximate surface area is 105 Å². The minimum Gasteiger partial charge on any atom is -0.388 e. The monoisotopic (exact) mass is 247 g/mol. The van der Waals surface area contributed by atoms with Gasteiger partial charge >= 0.3 is 0 Å². The molecular weight excluding hydrogens is 234 g/mol. The number of nitrogens with zero attached hydrogens (tertiary/aromatic N) is 3. The van der Waals surface area contributed by atoms with Crippen LogP contribution < -0.4 is 11.1 Å². The highest BCUT2D eigenvalue weighted by atomic mass is 32.1. The predicted molar refractivity (Wildman–Crippen MR) is 70.8 cm³/mol. The Kier molecular flexibility index (Phi) is 3.66. The lowest BCUT2D eigenvalue weighted by molar-refractivity contribution is 0.725. The van der Waals surface area contributed by atoms with E-state index in [0.29, 0.717) is 10.7 Å². The molecule has 0 amide bonds. The highest BCUT2D eigenvalue weighted by molar-refractivity contribution is 7.80. The summed E-state index contributed by atoms with van der Waals surface area (Å²) in [5.74, 6) is 0.774. The Morgan fingerprint density at radius 3 is 3.06 bits per heavy atom. The number of pyridine rings is 1. The molecule has 2 rings (SSSR count). The lowest BCUT2D eigenvalue weighted by atomic mass is 10.3. The van der Waals surface area contributed by atoms with Gasteiger partial charge in [0.1, 0.15) is 10.8 Å². The summed E-state index contributed by atoms with van der Waals surface area (Å²) in [6.45, 7) is 1.60. The minimum atomic E-state index is 0.309. The Morgan fingerprint density at radius 2 is 2.35 bits per heavy atom. The van der Waals surface area contributed by atoms with Gasteiger partial charge in [0.15, 0.2) is 0 Å². The second-order valence-electron chi connectivity index (χ2n) is 3.50. The Bertz CT molecular complexity index is 494. The number of thiocarbonyl (C=S) groups is 1. The molecule has 0 bridgehead atoms. The SMILES string of the molecule is NC(=S)c1cccc(NCCn2ccnc2)n1. The van der Waals surface area contributed by atoms with Gasteiger partial charge in [0, 0.05) is 25.5 Å². The van der Waals surface area contributed by atoms with E-state index < -0.39 is 0 Å². The third kappa shape index (κ3) is 3.25. The van der Waals surface area contributed by atoms with E-state index in [4.69, 9.17) is 18.0 Å². The fourth-order valence-corrected chi connectivity index (χ4v) is 1.52. The van der Waals surface area contributed by atoms with Gasteiger partial charge in [-0.2, -0.15) is 0 Å². The molecule has 0 aromatic carbocycles. The molecule has 5 nitrogen and oxygen atoms in total. The summed E-state index contributed by atoms with van der Waals surface area (Å²) in [6, 6.07) is 5.56. The van der Waals surface area contributed by atoms with Crippen LogP contribution in [0.5, 0.6) is 0 Å². The van der Waals surface area contributed by atoms with Gasteiger partial charge in [-0.3, -0.25) is 0 Å². The summed E-state index contributed by atoms with van der Waals surface area (Å²) in [5, 5.41) is 3.20. The van der Waals surface area contributed by atoms with Crippen molar-refractivity contribution in [1.29, 1.82) is 0 Å². The van der Waals surface area contributed by atoms with Crippen molar-refractivity contribution >= 4 is 23.0 Å². The highest BCUT2D eigenvalue weighted by Gasteiger charge is 1.99. The fourth-order valence-electron chi connectivity index (χ4n) is 1.40. The van der Waals surface area contributed by atoms with Crippen LogP contribution in [0.4, 0.5) is 5.82 Å². The van der Waals surface area contributed by atoms with Gasteiger partial charge in [0.05, 0.1) is 12.0 Å². The zero-order chi connectivity index (χ0) is 12.1. The maximum absolute atomic E-state index is 5.52. The van der Waals surface area contributed by atoms with Crippen LogP contribution in [-0.2, 0) is 6.54 Å². The maximum Gasteiger partial charge on any atom is 0.126 e. The molecule has 0 atom stereocenters. The number of hydrogen-bond donors (Lipinski definition) is 2. The van der Waals surface area contributed by atoms with Crippen molar-refractivity contribution < 1.29 is 0 Å². The summed E-state index contributed by atoms with van der Waals surface area (Å²) in [5.41, 5.74) is 6.15. The Hall–Kier alpha value is -1.95. The second kappa shape index (κ2) is 5.40. The molecule has 2 heterocycles. The average Bonchev–Trinajstić information content (AvgIpc) is 2.82. The van der Waals surface area contributed by atoms with Gasteiger partial charge in [-0.15, -0.1) is 0 Å². The van der Waals surface area contributed by atoms with Gasteiger partial charge in [0.2, 0.25) is 0 Å². The van der Waals surface area contributed by atoms with Crippen molar-refractivity contribution in [1.82, 2.24) is 14.5 Å². The topological polar surface area (TPSA) is 68.8 Å². The van der Waals surface area contributed by atoms with Crippen LogP contribution in [0.3, 0.4) is 0 Å². The van der Waals surface area contributed by atoms with Crippen LogP contribution in [0, 0.1) is 0 Å². The maximum atomic E-state index is 5.52. The van der Waals surface area contributed by atoms with E-state index in [0.717, 1.165) is 18.9 Å². The zero-order valence-corrected chi connectivity index (χ0v) is 10.0. The van der Waals surface area contributed by atoms with E-state index in [-0.39, 0.29) is 0 Å². The lowest BCUT2D eigenvalue weighted by Crippen LogP contribution is -2.14. The predicted octanol–water partition coefficient (Wildman–Crippen LogP) is 1.02. The summed E-state index contributed by atoms with van der Waals surface area (Å²) < 4.78 is 1.99. The molecule has 88 valence electrons. The third-order valence-corrected chi connectivity index (χ3v) is 2.45. The molecule has 2 aromatic rings. The van der Waals surface area contributed by atoms with Gasteiger partial charge in [-0.05, 0) is 12.1 Å². The quantitative estimate of drug-likeness (QED) is 0.772. The molecule has 17 heavy (non-hydrogen) atoms. The molecule has 0 spiro atoms. The Morgan fingerprint density at radius 1 is 1.47 bits per heavy atom. The van der Waals surface area contributed by atoms with Crippen molar-refractivity contribution in [2.75, 3.05) is 11.9 Å². The second-order valence-corrected chi connectivity index (χ2v) is 3.94. The molecule has 6 heteroatoms. The Balaban J connectivity index is 1.90. The van der Waals surface area contributed by atoms with Crippen LogP contribution in [0.25, 0.3) is 0 Å². The molecule has 0 aliphatic carbocycles. The van der Waals surface area contributed by atoms with Gasteiger partial charge in [0.25, 0.3) is 0 Å². The first-order chi connectivity index (χ1) is 8.25. The number of hydrogen-bond acceptors (Lipinski definition) is 4. The van der Waals surface area contributed by atoms with Crippen LogP contribution in [0.15, 0.2) is 36.9 Å². The van der Waals surface area contributed by atoms with E-state index in [9.17, 15) is 0 Å². The summed E-state index contributed by atoms with van der Waals surface area (Å²) in [4.78, 5) is 8.57. The summed E-state index contributed by atoms with van der Waals surface area (Å²) in [7, 11) is 0. The molecule has 2 aromatic heterocycles. The standard InChI is InChI=1S/C11H13N5S/c12-11(17)9-2-1-3-10(15-9)14-5-7-16-6-4-13-8-16/h1-4,6,8H,5,7H2,(H2,12,17)(H,14,15). The first-order valence-electron chi connectivity index (χ1n) is 5.22. The molecule has 0 fully saturated rings.